The molecule has 2 aromatic heterocycles. The van der Waals surface area contributed by atoms with Gasteiger partial charge in [-0.3, -0.25) is 4.21 Å². The van der Waals surface area contributed by atoms with Gasteiger partial charge in [0.15, 0.2) is 5.82 Å². The van der Waals surface area contributed by atoms with Crippen LogP contribution < -0.4 is 5.32 Å². The van der Waals surface area contributed by atoms with Crippen LogP contribution in [0.15, 0.2) is 18.5 Å². The first-order valence-corrected chi connectivity index (χ1v) is 8.91. The Kier molecular flexibility index (Phi) is 4.66. The molecule has 2 atom stereocenters. The summed E-state index contributed by atoms with van der Waals surface area (Å²) in [6.45, 7) is 8.52. The van der Waals surface area contributed by atoms with Crippen LogP contribution in [0.1, 0.15) is 39.8 Å². The molecule has 0 fully saturated rings. The second-order valence-electron chi connectivity index (χ2n) is 6.50. The third-order valence-electron chi connectivity index (χ3n) is 3.38. The molecule has 2 rings (SSSR count). The summed E-state index contributed by atoms with van der Waals surface area (Å²) in [5.41, 5.74) is 2.03. The Morgan fingerprint density at radius 3 is 2.76 bits per heavy atom. The number of anilines is 1. The van der Waals surface area contributed by atoms with E-state index in [9.17, 15) is 4.21 Å². The molecule has 0 radical (unpaired) electrons. The van der Waals surface area contributed by atoms with Gasteiger partial charge in [-0.05, 0) is 19.4 Å². The minimum atomic E-state index is -0.757. The third-order valence-corrected chi connectivity index (χ3v) is 4.19. The van der Waals surface area contributed by atoms with Crippen molar-refractivity contribution in [1.82, 2.24) is 14.6 Å². The molecular weight excluding hydrogens is 284 g/mol. The number of aromatic nitrogens is 3. The van der Waals surface area contributed by atoms with Crippen LogP contribution in [0.2, 0.25) is 0 Å². The lowest BCUT2D eigenvalue weighted by Crippen LogP contribution is -2.19. The Morgan fingerprint density at radius 2 is 2.14 bits per heavy atom. The maximum atomic E-state index is 11.2. The summed E-state index contributed by atoms with van der Waals surface area (Å²) in [7, 11) is -0.757. The van der Waals surface area contributed by atoms with E-state index in [-0.39, 0.29) is 11.5 Å². The molecule has 0 aliphatic carbocycles. The van der Waals surface area contributed by atoms with Crippen molar-refractivity contribution in [2.45, 2.75) is 45.6 Å². The molecule has 0 spiro atoms. The van der Waals surface area contributed by atoms with Gasteiger partial charge in [0.25, 0.3) is 0 Å². The first-order valence-electron chi connectivity index (χ1n) is 7.19. The molecule has 2 unspecified atom stereocenters. The van der Waals surface area contributed by atoms with E-state index >= 15 is 0 Å². The van der Waals surface area contributed by atoms with Gasteiger partial charge in [-0.15, -0.1) is 0 Å². The van der Waals surface area contributed by atoms with E-state index < -0.39 is 10.8 Å². The van der Waals surface area contributed by atoms with Crippen molar-refractivity contribution in [3.8, 4) is 0 Å². The molecule has 0 bridgehead atoms. The van der Waals surface area contributed by atoms with Gasteiger partial charge >= 0.3 is 0 Å². The lowest BCUT2D eigenvalue weighted by atomic mass is 9.92. The van der Waals surface area contributed by atoms with E-state index in [1.54, 1.807) is 12.5 Å². The Bertz CT molecular complexity index is 645. The Hall–Kier alpha value is -1.43. The quantitative estimate of drug-likeness (QED) is 0.922. The molecule has 1 N–H and O–H groups in total. The normalized spacial score (nSPS) is 15.1. The predicted octanol–water partition coefficient (Wildman–Crippen LogP) is 2.60. The number of nitrogens with zero attached hydrogens (tertiary/aromatic N) is 3. The molecular formula is C15H24N4OS. The Labute approximate surface area is 128 Å². The van der Waals surface area contributed by atoms with E-state index in [1.807, 2.05) is 10.7 Å². The molecule has 0 amide bonds. The van der Waals surface area contributed by atoms with Crippen molar-refractivity contribution in [3.63, 3.8) is 0 Å². The van der Waals surface area contributed by atoms with Gasteiger partial charge in [-0.1, -0.05) is 20.8 Å². The van der Waals surface area contributed by atoms with Crippen LogP contribution in [-0.4, -0.2) is 36.9 Å². The third kappa shape index (κ3) is 4.03. The highest BCUT2D eigenvalue weighted by molar-refractivity contribution is 7.84. The highest BCUT2D eigenvalue weighted by Gasteiger charge is 2.19. The molecule has 21 heavy (non-hydrogen) atoms. The number of rotatable bonds is 5. The van der Waals surface area contributed by atoms with E-state index in [0.717, 1.165) is 23.4 Å². The minimum absolute atomic E-state index is 0.00795. The van der Waals surface area contributed by atoms with E-state index in [0.29, 0.717) is 5.75 Å². The van der Waals surface area contributed by atoms with Gasteiger partial charge in [0.2, 0.25) is 0 Å². The molecule has 0 saturated heterocycles. The fraction of sp³-hybridized carbons (Fsp3) is 0.600. The average Bonchev–Trinajstić information content (AvgIpc) is 2.81. The fourth-order valence-electron chi connectivity index (χ4n) is 2.05. The van der Waals surface area contributed by atoms with Crippen LogP contribution >= 0.6 is 0 Å². The number of hydrogen-bond acceptors (Lipinski definition) is 4. The standard InChI is InChI=1S/C15H24N4OS/c1-11(6-9-21(5)20)17-14-12-10-13(15(2,3)4)18-19(12)8-7-16-14/h7-8,10-11H,6,9H2,1-5H3,(H,16,17). The molecule has 0 aliphatic rings. The van der Waals surface area contributed by atoms with Crippen LogP contribution in [0.4, 0.5) is 5.82 Å². The smallest absolute Gasteiger partial charge is 0.152 e. The second-order valence-corrected chi connectivity index (χ2v) is 8.05. The number of nitrogens with one attached hydrogen (secondary N) is 1. The van der Waals surface area contributed by atoms with Crippen molar-refractivity contribution in [1.29, 1.82) is 0 Å². The number of hydrogen-bond donors (Lipinski definition) is 1. The molecule has 2 aromatic rings. The summed E-state index contributed by atoms with van der Waals surface area (Å²) in [5.74, 6) is 1.53. The lowest BCUT2D eigenvalue weighted by Gasteiger charge is -2.14. The summed E-state index contributed by atoms with van der Waals surface area (Å²) in [4.78, 5) is 4.42. The molecule has 6 heteroatoms. The zero-order chi connectivity index (χ0) is 15.6. The molecule has 0 aromatic carbocycles. The van der Waals surface area contributed by atoms with Crippen LogP contribution in [-0.2, 0) is 16.2 Å². The summed E-state index contributed by atoms with van der Waals surface area (Å²) < 4.78 is 13.0. The fourth-order valence-corrected chi connectivity index (χ4v) is 2.73. The summed E-state index contributed by atoms with van der Waals surface area (Å²) in [6, 6.07) is 2.31. The summed E-state index contributed by atoms with van der Waals surface area (Å²) in [6.07, 6.45) is 6.20. The summed E-state index contributed by atoms with van der Waals surface area (Å²) >= 11 is 0. The zero-order valence-corrected chi connectivity index (χ0v) is 14.2. The maximum Gasteiger partial charge on any atom is 0.152 e. The molecule has 0 aliphatic heterocycles. The topological polar surface area (TPSA) is 59.3 Å². The van der Waals surface area contributed by atoms with Gasteiger partial charge in [0, 0.05) is 46.7 Å². The molecule has 5 nitrogen and oxygen atoms in total. The Morgan fingerprint density at radius 1 is 1.43 bits per heavy atom. The van der Waals surface area contributed by atoms with Crippen LogP contribution in [0.25, 0.3) is 5.52 Å². The van der Waals surface area contributed by atoms with Crippen LogP contribution in [0.5, 0.6) is 0 Å². The van der Waals surface area contributed by atoms with Gasteiger partial charge < -0.3 is 5.32 Å². The predicted molar refractivity (Wildman–Crippen MR) is 88.3 cm³/mol. The van der Waals surface area contributed by atoms with E-state index in [4.69, 9.17) is 0 Å². The molecule has 116 valence electrons. The van der Waals surface area contributed by atoms with Crippen molar-refractivity contribution in [2.75, 3.05) is 17.3 Å². The Balaban J connectivity index is 2.24. The lowest BCUT2D eigenvalue weighted by molar-refractivity contribution is 0.562. The highest BCUT2D eigenvalue weighted by atomic mass is 32.2. The first kappa shape index (κ1) is 15.9. The van der Waals surface area contributed by atoms with Gasteiger partial charge in [0.05, 0.1) is 5.69 Å². The van der Waals surface area contributed by atoms with Crippen molar-refractivity contribution >= 4 is 22.1 Å². The van der Waals surface area contributed by atoms with Crippen LogP contribution in [0, 0.1) is 0 Å². The largest absolute Gasteiger partial charge is 0.366 e. The minimum Gasteiger partial charge on any atom is -0.366 e. The average molecular weight is 308 g/mol. The van der Waals surface area contributed by atoms with Crippen LogP contribution in [0.3, 0.4) is 0 Å². The summed E-state index contributed by atoms with van der Waals surface area (Å²) in [5, 5.41) is 8.01. The maximum absolute atomic E-state index is 11.2. The second kappa shape index (κ2) is 6.13. The van der Waals surface area contributed by atoms with Crippen molar-refractivity contribution in [2.24, 2.45) is 0 Å². The number of fused-ring (bicyclic) bond motifs is 1. The first-order chi connectivity index (χ1) is 9.77. The van der Waals surface area contributed by atoms with E-state index in [1.165, 1.54) is 0 Å². The highest BCUT2D eigenvalue weighted by Crippen LogP contribution is 2.24. The SMILES string of the molecule is CC(CCS(C)=O)Nc1nccn2nc(C(C)(C)C)cc12. The molecule has 0 saturated carbocycles. The zero-order valence-electron chi connectivity index (χ0n) is 13.4. The van der Waals surface area contributed by atoms with Gasteiger partial charge in [-0.25, -0.2) is 9.50 Å². The van der Waals surface area contributed by atoms with Crippen molar-refractivity contribution < 1.29 is 4.21 Å². The van der Waals surface area contributed by atoms with E-state index in [2.05, 4.69) is 49.2 Å². The van der Waals surface area contributed by atoms with Gasteiger partial charge in [0.1, 0.15) is 5.52 Å². The van der Waals surface area contributed by atoms with Gasteiger partial charge in [-0.2, -0.15) is 5.10 Å². The monoisotopic (exact) mass is 308 g/mol. The molecule has 2 heterocycles. The van der Waals surface area contributed by atoms with Crippen molar-refractivity contribution in [3.05, 3.63) is 24.2 Å².